The van der Waals surface area contributed by atoms with E-state index in [9.17, 15) is 0 Å². The Balaban J connectivity index is 1.02. The van der Waals surface area contributed by atoms with E-state index in [1.54, 1.807) is 0 Å². The molecule has 4 heteroatoms. The molecule has 2 heterocycles. The monoisotopic (exact) mass is 677 g/mol. The number of aromatic nitrogens is 3. The Hall–Kier alpha value is -7.17. The Labute approximate surface area is 306 Å². The molecule has 0 saturated carbocycles. The molecule has 0 atom stereocenters. The molecule has 0 fully saturated rings. The van der Waals surface area contributed by atoms with Crippen molar-refractivity contribution in [1.82, 2.24) is 15.0 Å². The van der Waals surface area contributed by atoms with E-state index >= 15 is 0 Å². The van der Waals surface area contributed by atoms with Crippen molar-refractivity contribution in [2.75, 3.05) is 0 Å². The standard InChI is InChI=1S/C49H31N3O/c1-2-8-32(9-3-1)34-14-21-37(22-15-34)47-50-48(38-23-16-35(17-24-38)41-27-20-33-10-4-5-11-40(33)30-41)52-49(51-47)39-25-18-36(19-26-39)42-28-29-46-44(31-42)43-12-6-7-13-45(43)53-46/h1-31H. The molecule has 0 aliphatic heterocycles. The predicted octanol–water partition coefficient (Wildman–Crippen LogP) is 12.9. The smallest absolute Gasteiger partial charge is 0.164 e. The molecule has 4 nitrogen and oxygen atoms in total. The normalized spacial score (nSPS) is 11.4. The minimum atomic E-state index is 0.624. The van der Waals surface area contributed by atoms with Gasteiger partial charge in [-0.15, -0.1) is 0 Å². The van der Waals surface area contributed by atoms with Crippen LogP contribution in [0.15, 0.2) is 192 Å². The van der Waals surface area contributed by atoms with Crippen LogP contribution in [0, 0.1) is 0 Å². The summed E-state index contributed by atoms with van der Waals surface area (Å²) in [7, 11) is 0. The van der Waals surface area contributed by atoms with E-state index in [4.69, 9.17) is 19.4 Å². The Morgan fingerprint density at radius 1 is 0.264 bits per heavy atom. The van der Waals surface area contributed by atoms with Gasteiger partial charge in [-0.3, -0.25) is 0 Å². The lowest BCUT2D eigenvalue weighted by molar-refractivity contribution is 0.669. The Kier molecular flexibility index (Phi) is 7.43. The van der Waals surface area contributed by atoms with Gasteiger partial charge in [0.25, 0.3) is 0 Å². The molecule has 248 valence electrons. The van der Waals surface area contributed by atoms with Gasteiger partial charge in [-0.25, -0.2) is 15.0 Å². The number of hydrogen-bond acceptors (Lipinski definition) is 4. The summed E-state index contributed by atoms with van der Waals surface area (Å²) in [5.41, 5.74) is 11.4. The van der Waals surface area contributed by atoms with Gasteiger partial charge in [0.1, 0.15) is 11.2 Å². The molecule has 53 heavy (non-hydrogen) atoms. The van der Waals surface area contributed by atoms with E-state index in [1.807, 2.05) is 24.3 Å². The van der Waals surface area contributed by atoms with Crippen molar-refractivity contribution in [2.45, 2.75) is 0 Å². The van der Waals surface area contributed by atoms with Gasteiger partial charge in [-0.05, 0) is 68.4 Å². The van der Waals surface area contributed by atoms with Gasteiger partial charge in [0.15, 0.2) is 17.5 Å². The summed E-state index contributed by atoms with van der Waals surface area (Å²) in [5.74, 6) is 1.88. The fourth-order valence-electron chi connectivity index (χ4n) is 7.10. The summed E-state index contributed by atoms with van der Waals surface area (Å²) < 4.78 is 6.07. The Morgan fingerprint density at radius 3 is 1.30 bits per heavy atom. The lowest BCUT2D eigenvalue weighted by Gasteiger charge is -2.10. The van der Waals surface area contributed by atoms with Crippen LogP contribution >= 0.6 is 0 Å². The molecule has 0 saturated heterocycles. The fourth-order valence-corrected chi connectivity index (χ4v) is 7.10. The number of benzene rings is 8. The Morgan fingerprint density at radius 2 is 0.679 bits per heavy atom. The first-order chi connectivity index (χ1) is 26.2. The van der Waals surface area contributed by atoms with Gasteiger partial charge in [-0.1, -0.05) is 164 Å². The predicted molar refractivity (Wildman–Crippen MR) is 217 cm³/mol. The SMILES string of the molecule is c1ccc(-c2ccc(-c3nc(-c4ccc(-c5ccc6ccccc6c5)cc4)nc(-c4ccc(-c5ccc6oc7ccccc7c6c5)cc4)n3)cc2)cc1. The van der Waals surface area contributed by atoms with E-state index in [2.05, 4.69) is 164 Å². The highest BCUT2D eigenvalue weighted by atomic mass is 16.3. The van der Waals surface area contributed by atoms with E-state index in [-0.39, 0.29) is 0 Å². The summed E-state index contributed by atoms with van der Waals surface area (Å²) >= 11 is 0. The zero-order chi connectivity index (χ0) is 35.1. The number of fused-ring (bicyclic) bond motifs is 4. The second-order valence-electron chi connectivity index (χ2n) is 13.3. The number of nitrogens with zero attached hydrogens (tertiary/aromatic N) is 3. The van der Waals surface area contributed by atoms with Crippen LogP contribution in [0.4, 0.5) is 0 Å². The molecule has 0 bridgehead atoms. The van der Waals surface area contributed by atoms with E-state index in [0.29, 0.717) is 17.5 Å². The highest BCUT2D eigenvalue weighted by Crippen LogP contribution is 2.34. The number of para-hydroxylation sites is 1. The Bertz CT molecular complexity index is 2910. The summed E-state index contributed by atoms with van der Waals surface area (Å²) in [6.45, 7) is 0. The van der Waals surface area contributed by atoms with Crippen molar-refractivity contribution in [2.24, 2.45) is 0 Å². The lowest BCUT2D eigenvalue weighted by Crippen LogP contribution is -2.00. The number of rotatable bonds is 6. The van der Waals surface area contributed by atoms with Crippen molar-refractivity contribution < 1.29 is 4.42 Å². The van der Waals surface area contributed by atoms with Crippen molar-refractivity contribution >= 4 is 32.7 Å². The van der Waals surface area contributed by atoms with Crippen LogP contribution in [0.5, 0.6) is 0 Å². The van der Waals surface area contributed by atoms with Crippen LogP contribution in [-0.2, 0) is 0 Å². The van der Waals surface area contributed by atoms with Crippen LogP contribution in [0.3, 0.4) is 0 Å². The molecular formula is C49H31N3O. The topological polar surface area (TPSA) is 51.8 Å². The minimum Gasteiger partial charge on any atom is -0.456 e. The third-order valence-electron chi connectivity index (χ3n) is 9.96. The first-order valence-corrected chi connectivity index (χ1v) is 17.8. The first kappa shape index (κ1) is 30.6. The maximum absolute atomic E-state index is 6.07. The van der Waals surface area contributed by atoms with Gasteiger partial charge in [0.05, 0.1) is 0 Å². The second-order valence-corrected chi connectivity index (χ2v) is 13.3. The first-order valence-electron chi connectivity index (χ1n) is 17.8. The number of hydrogen-bond donors (Lipinski definition) is 0. The average Bonchev–Trinajstić information content (AvgIpc) is 3.62. The lowest BCUT2D eigenvalue weighted by atomic mass is 10.00. The van der Waals surface area contributed by atoms with Crippen LogP contribution in [0.2, 0.25) is 0 Å². The minimum absolute atomic E-state index is 0.624. The van der Waals surface area contributed by atoms with Gasteiger partial charge in [0.2, 0.25) is 0 Å². The molecule has 0 N–H and O–H groups in total. The van der Waals surface area contributed by atoms with Crippen LogP contribution < -0.4 is 0 Å². The fraction of sp³-hybridized carbons (Fsp3) is 0. The van der Waals surface area contributed by atoms with Crippen LogP contribution in [-0.4, -0.2) is 15.0 Å². The number of furan rings is 1. The molecule has 0 radical (unpaired) electrons. The summed E-state index contributed by atoms with van der Waals surface area (Å²) in [6.07, 6.45) is 0. The van der Waals surface area contributed by atoms with Crippen LogP contribution in [0.1, 0.15) is 0 Å². The zero-order valence-electron chi connectivity index (χ0n) is 28.6. The van der Waals surface area contributed by atoms with E-state index in [0.717, 1.165) is 60.9 Å². The van der Waals surface area contributed by atoms with Gasteiger partial charge < -0.3 is 4.42 Å². The van der Waals surface area contributed by atoms with Crippen LogP contribution in [0.25, 0.3) is 100 Å². The summed E-state index contributed by atoms with van der Waals surface area (Å²) in [4.78, 5) is 15.1. The van der Waals surface area contributed by atoms with Gasteiger partial charge >= 0.3 is 0 Å². The summed E-state index contributed by atoms with van der Waals surface area (Å²) in [5, 5.41) is 4.68. The molecule has 0 aliphatic carbocycles. The molecular weight excluding hydrogens is 647 g/mol. The molecule has 10 rings (SSSR count). The molecule has 0 unspecified atom stereocenters. The second kappa shape index (κ2) is 12.9. The largest absolute Gasteiger partial charge is 0.456 e. The van der Waals surface area contributed by atoms with Gasteiger partial charge in [0, 0.05) is 27.5 Å². The van der Waals surface area contributed by atoms with Crippen molar-refractivity contribution in [3.63, 3.8) is 0 Å². The van der Waals surface area contributed by atoms with E-state index in [1.165, 1.54) is 21.9 Å². The van der Waals surface area contributed by atoms with E-state index < -0.39 is 0 Å². The van der Waals surface area contributed by atoms with Crippen molar-refractivity contribution in [3.8, 4) is 67.5 Å². The molecule has 8 aromatic carbocycles. The molecule has 0 amide bonds. The van der Waals surface area contributed by atoms with Gasteiger partial charge in [-0.2, -0.15) is 0 Å². The highest BCUT2D eigenvalue weighted by molar-refractivity contribution is 6.06. The molecule has 0 spiro atoms. The highest BCUT2D eigenvalue weighted by Gasteiger charge is 2.14. The maximum atomic E-state index is 6.07. The maximum Gasteiger partial charge on any atom is 0.164 e. The third-order valence-corrected chi connectivity index (χ3v) is 9.96. The zero-order valence-corrected chi connectivity index (χ0v) is 28.6. The molecule has 10 aromatic rings. The summed E-state index contributed by atoms with van der Waals surface area (Å²) in [6, 6.07) is 65.3. The van der Waals surface area contributed by atoms with Crippen molar-refractivity contribution in [1.29, 1.82) is 0 Å². The third kappa shape index (κ3) is 5.82. The van der Waals surface area contributed by atoms with Crippen molar-refractivity contribution in [3.05, 3.63) is 188 Å². The quantitative estimate of drug-likeness (QED) is 0.176. The molecule has 2 aromatic heterocycles. The average molecular weight is 678 g/mol. The molecule has 0 aliphatic rings.